The molecule has 1 aromatic carbocycles. The average Bonchev–Trinajstić information content (AvgIpc) is 3.74. The van der Waals surface area contributed by atoms with Gasteiger partial charge in [-0.2, -0.15) is 5.26 Å². The molecule has 11 nitrogen and oxygen atoms in total. The van der Waals surface area contributed by atoms with Crippen LogP contribution in [-0.4, -0.2) is 52.1 Å². The Bertz CT molecular complexity index is 2210. The molecule has 2 aliphatic heterocycles. The number of nitrogens with one attached hydrogen (secondary N) is 1. The van der Waals surface area contributed by atoms with E-state index in [1.807, 2.05) is 42.8 Å². The van der Waals surface area contributed by atoms with Crippen molar-refractivity contribution in [3.8, 4) is 28.7 Å². The molecular formula is C34H33FN6O5S. The number of hydrogen-bond acceptors (Lipinski definition) is 9. The van der Waals surface area contributed by atoms with E-state index in [0.29, 0.717) is 71.4 Å². The van der Waals surface area contributed by atoms with E-state index in [1.165, 1.54) is 12.1 Å². The van der Waals surface area contributed by atoms with Gasteiger partial charge < -0.3 is 13.7 Å². The molecule has 0 radical (unpaired) electrons. The van der Waals surface area contributed by atoms with Gasteiger partial charge in [-0.05, 0) is 67.3 Å². The summed E-state index contributed by atoms with van der Waals surface area (Å²) in [5.74, 6) is -1.30. The zero-order valence-corrected chi connectivity index (χ0v) is 26.8. The second kappa shape index (κ2) is 12.2. The summed E-state index contributed by atoms with van der Waals surface area (Å²) in [4.78, 5) is 22.1. The summed E-state index contributed by atoms with van der Waals surface area (Å²) in [6, 6.07) is 10.0. The number of rotatable bonds is 8. The predicted octanol–water partition coefficient (Wildman–Crippen LogP) is 5.39. The van der Waals surface area contributed by atoms with Crippen molar-refractivity contribution in [1.29, 1.82) is 5.26 Å². The zero-order chi connectivity index (χ0) is 32.9. The second-order valence-electron chi connectivity index (χ2n) is 12.7. The van der Waals surface area contributed by atoms with E-state index in [4.69, 9.17) is 24.4 Å². The lowest BCUT2D eigenvalue weighted by atomic mass is 9.88. The van der Waals surface area contributed by atoms with Crippen molar-refractivity contribution in [2.45, 2.75) is 56.9 Å². The molecule has 242 valence electrons. The number of halogens is 1. The summed E-state index contributed by atoms with van der Waals surface area (Å²) in [5.41, 5.74) is 3.68. The molecule has 1 N–H and O–H groups in total. The maximum atomic E-state index is 14.3. The maximum absolute atomic E-state index is 14.3. The molecule has 6 heterocycles. The topological polar surface area (TPSA) is 157 Å². The summed E-state index contributed by atoms with van der Waals surface area (Å²) >= 11 is 0. The van der Waals surface area contributed by atoms with Gasteiger partial charge in [0.2, 0.25) is 0 Å². The van der Waals surface area contributed by atoms with E-state index in [2.05, 4.69) is 10.2 Å². The van der Waals surface area contributed by atoms with Gasteiger partial charge in [0.25, 0.3) is 5.89 Å². The molecule has 0 aliphatic carbocycles. The van der Waals surface area contributed by atoms with Crippen LogP contribution >= 0.6 is 0 Å². The SMILES string of the molecule is CC(C)C1CS(=O)(=O)c2c1nc(CCC1CCOCC1)c(-c1n[nH]c(=O)o1)c2-c1cnc2c(ccn2Cc2ccc(C#N)c(F)c2)c1. The van der Waals surface area contributed by atoms with Crippen molar-refractivity contribution < 1.29 is 22.0 Å². The minimum Gasteiger partial charge on any atom is -0.388 e. The summed E-state index contributed by atoms with van der Waals surface area (Å²) < 4.78 is 55.1. The molecule has 7 rings (SSSR count). The molecule has 5 aromatic rings. The van der Waals surface area contributed by atoms with Gasteiger partial charge in [0, 0.05) is 54.6 Å². The normalized spacial score (nSPS) is 17.7. The average molecular weight is 657 g/mol. The number of ether oxygens (including phenoxy) is 1. The van der Waals surface area contributed by atoms with Gasteiger partial charge in [-0.3, -0.25) is 4.98 Å². The van der Waals surface area contributed by atoms with Crippen LogP contribution in [0, 0.1) is 29.0 Å². The quantitative estimate of drug-likeness (QED) is 0.231. The third kappa shape index (κ3) is 5.76. The lowest BCUT2D eigenvalue weighted by Crippen LogP contribution is -2.17. The molecule has 0 spiro atoms. The third-order valence-electron chi connectivity index (χ3n) is 9.30. The molecule has 1 saturated heterocycles. The Morgan fingerprint density at radius 1 is 1.17 bits per heavy atom. The standard InChI is InChI=1S/C34H33FN6O5S/c1-19(2)25-18-47(43,44)31-28(24-14-22-7-10-41(32(22)37-16-24)17-21-3-5-23(15-36)26(35)13-21)29(33-39-40-34(42)46-33)27(38-30(25)31)6-4-20-8-11-45-12-9-20/h3,5,7,10,13-14,16,19-20,25H,4,6,8-9,11-12,17-18H2,1-2H3,(H,40,42). The number of aromatic amines is 1. The molecule has 1 atom stereocenters. The van der Waals surface area contributed by atoms with Gasteiger partial charge >= 0.3 is 5.76 Å². The van der Waals surface area contributed by atoms with Crippen molar-refractivity contribution >= 4 is 20.9 Å². The highest BCUT2D eigenvalue weighted by atomic mass is 32.2. The summed E-state index contributed by atoms with van der Waals surface area (Å²) in [5, 5.41) is 16.3. The third-order valence-corrected chi connectivity index (χ3v) is 11.1. The fourth-order valence-corrected chi connectivity index (χ4v) is 9.03. The number of nitriles is 1. The van der Waals surface area contributed by atoms with Crippen molar-refractivity contribution in [3.63, 3.8) is 0 Å². The first-order valence-corrected chi connectivity index (χ1v) is 17.3. The number of nitrogens with zero attached hydrogens (tertiary/aromatic N) is 5. The number of aryl methyl sites for hydroxylation is 1. The summed E-state index contributed by atoms with van der Waals surface area (Å²) in [6.07, 6.45) is 6.65. The van der Waals surface area contributed by atoms with Gasteiger partial charge in [-0.25, -0.2) is 27.7 Å². The van der Waals surface area contributed by atoms with Crippen LogP contribution < -0.4 is 5.76 Å². The van der Waals surface area contributed by atoms with Gasteiger partial charge in [0.05, 0.1) is 33.2 Å². The van der Waals surface area contributed by atoms with E-state index >= 15 is 0 Å². The maximum Gasteiger partial charge on any atom is 0.434 e. The van der Waals surface area contributed by atoms with Crippen molar-refractivity contribution in [2.75, 3.05) is 19.0 Å². The van der Waals surface area contributed by atoms with Crippen molar-refractivity contribution in [2.24, 2.45) is 11.8 Å². The summed E-state index contributed by atoms with van der Waals surface area (Å²) in [7, 11) is -3.78. The molecule has 0 saturated carbocycles. The van der Waals surface area contributed by atoms with E-state index < -0.39 is 21.4 Å². The molecule has 4 aromatic heterocycles. The van der Waals surface area contributed by atoms with Gasteiger partial charge in [-0.15, -0.1) is 5.10 Å². The number of H-pyrrole nitrogens is 1. The lowest BCUT2D eigenvalue weighted by molar-refractivity contribution is 0.0639. The first-order chi connectivity index (χ1) is 22.6. The fraction of sp³-hybridized carbons (Fsp3) is 0.382. The molecular weight excluding hydrogens is 623 g/mol. The lowest BCUT2D eigenvalue weighted by Gasteiger charge is -2.23. The highest BCUT2D eigenvalue weighted by Gasteiger charge is 2.43. The van der Waals surface area contributed by atoms with E-state index in [0.717, 1.165) is 24.6 Å². The monoisotopic (exact) mass is 656 g/mol. The van der Waals surface area contributed by atoms with Gasteiger partial charge in [0.15, 0.2) is 9.84 Å². The first kappa shape index (κ1) is 31.0. The van der Waals surface area contributed by atoms with Crippen molar-refractivity contribution in [1.82, 2.24) is 24.7 Å². The number of benzene rings is 1. The highest BCUT2D eigenvalue weighted by molar-refractivity contribution is 7.92. The van der Waals surface area contributed by atoms with Crippen molar-refractivity contribution in [3.05, 3.63) is 81.6 Å². The smallest absolute Gasteiger partial charge is 0.388 e. The van der Waals surface area contributed by atoms with Crippen LogP contribution in [0.1, 0.15) is 61.5 Å². The minimum absolute atomic E-state index is 0.0191. The highest BCUT2D eigenvalue weighted by Crippen LogP contribution is 2.48. The Kier molecular flexibility index (Phi) is 8.01. The molecule has 47 heavy (non-hydrogen) atoms. The molecule has 0 bridgehead atoms. The molecule has 0 amide bonds. The summed E-state index contributed by atoms with van der Waals surface area (Å²) in [6.45, 7) is 5.71. The Balaban J connectivity index is 1.40. The Labute approximate surface area is 270 Å². The van der Waals surface area contributed by atoms with E-state index in [-0.39, 0.29) is 33.9 Å². The minimum atomic E-state index is -3.78. The van der Waals surface area contributed by atoms with E-state index in [9.17, 15) is 17.6 Å². The van der Waals surface area contributed by atoms with Crippen LogP contribution in [0.15, 0.2) is 56.8 Å². The second-order valence-corrected chi connectivity index (χ2v) is 14.6. The molecule has 13 heteroatoms. The van der Waals surface area contributed by atoms with E-state index in [1.54, 1.807) is 12.3 Å². The van der Waals surface area contributed by atoms with Crippen LogP contribution in [0.2, 0.25) is 0 Å². The zero-order valence-electron chi connectivity index (χ0n) is 26.0. The number of sulfone groups is 1. The number of hydrogen-bond donors (Lipinski definition) is 1. The van der Waals surface area contributed by atoms with Gasteiger partial charge in [-0.1, -0.05) is 19.9 Å². The van der Waals surface area contributed by atoms with Crippen LogP contribution in [0.3, 0.4) is 0 Å². The Morgan fingerprint density at radius 3 is 2.68 bits per heavy atom. The van der Waals surface area contributed by atoms with Crippen LogP contribution in [0.4, 0.5) is 4.39 Å². The first-order valence-electron chi connectivity index (χ1n) is 15.7. The number of fused-ring (bicyclic) bond motifs is 2. The van der Waals surface area contributed by atoms with Crippen LogP contribution in [-0.2, 0) is 27.5 Å². The Hall–Kier alpha value is -4.67. The fourth-order valence-electron chi connectivity index (χ4n) is 6.80. The molecule has 2 aliphatic rings. The van der Waals surface area contributed by atoms with Crippen LogP contribution in [0.5, 0.6) is 0 Å². The molecule has 1 unspecified atom stereocenters. The van der Waals surface area contributed by atoms with Crippen LogP contribution in [0.25, 0.3) is 33.6 Å². The predicted molar refractivity (Wildman–Crippen MR) is 171 cm³/mol. The number of aromatic nitrogens is 5. The largest absolute Gasteiger partial charge is 0.434 e. The van der Waals surface area contributed by atoms with Gasteiger partial charge in [0.1, 0.15) is 17.5 Å². The Morgan fingerprint density at radius 2 is 1.98 bits per heavy atom. The number of pyridine rings is 2. The molecule has 1 fully saturated rings.